The van der Waals surface area contributed by atoms with Crippen LogP contribution in [0, 0.1) is 201 Å². The van der Waals surface area contributed by atoms with E-state index in [1.54, 1.807) is 255 Å². The largest absolute Gasteiger partial charge is 2.00 e. The van der Waals surface area contributed by atoms with E-state index in [2.05, 4.69) is 40.8 Å². The number of carboxylic acids is 6. The molecule has 0 radical (unpaired) electrons. The number of aromatic amines is 2. The van der Waals surface area contributed by atoms with Crippen LogP contribution >= 0.6 is 0 Å². The second kappa shape index (κ2) is 84.0. The molecule has 0 saturated carbocycles. The Morgan fingerprint density at radius 1 is 0.283 bits per heavy atom. The van der Waals surface area contributed by atoms with Gasteiger partial charge in [-0.2, -0.15) is 51.6 Å². The van der Waals surface area contributed by atoms with Crippen molar-refractivity contribution in [1.82, 2.24) is 59.5 Å². The van der Waals surface area contributed by atoms with Gasteiger partial charge in [-0.3, -0.25) is 28.9 Å². The molecule has 0 spiro atoms. The molecular formula is C90H108N18Ni6O24+2. The third-order valence-corrected chi connectivity index (χ3v) is 15.5. The van der Waals surface area contributed by atoms with Gasteiger partial charge < -0.3 is 121 Å². The summed E-state index contributed by atoms with van der Waals surface area (Å²) in [6.07, 6.45) is -6.07. The first-order valence-corrected chi connectivity index (χ1v) is 38.0. The molecule has 138 heavy (non-hydrogen) atoms. The fourth-order valence-corrected chi connectivity index (χ4v) is 10.0. The van der Waals surface area contributed by atoms with Crippen molar-refractivity contribution in [3.63, 3.8) is 0 Å². The SMILES string of the molecule is CC#N.CC#N.CC#N.CC#N.Cc1cc(C)[nH]n1.Cc1cc(C)[nH]n1.Cc1cc(C)n([C@H]([O-])[C@H]([O-])n2nc(C)cc2C)n1.Cc1cc(C)n([C@H]([O-])[C@H]([O-])n2nc(C)cc2C)n1.Cc1ccccc1C(=O)[O-].Cc1ccccc1C(=O)[O-].Cc1ccccc1C(=O)[O-].Cc1ccccc1C(=O)[O-].Cc1ccccc1C(=O)[O-].Cc1ccccc1C(=O)[O-].O=[N+]([O-])[O-].O=[N+]([O-])[O-].[Ni+2].[Ni+2].[Ni+2].[Ni+2].[Ni+2].[Ni+2].[OH3+].[OH3+]. The minimum Gasteiger partial charge on any atom is -0.834 e. The number of carbonyl (C=O) groups is 6. The number of nitrogens with zero attached hydrogens (tertiary/aromatic N) is 16. The van der Waals surface area contributed by atoms with Crippen LogP contribution in [0.1, 0.15) is 216 Å². The third-order valence-electron chi connectivity index (χ3n) is 15.5. The predicted octanol–water partition coefficient (Wildman–Crippen LogP) is 3.45. The summed E-state index contributed by atoms with van der Waals surface area (Å²) in [6.45, 7) is 38.3. The van der Waals surface area contributed by atoms with Gasteiger partial charge in [0.05, 0.1) is 104 Å². The number of benzene rings is 6. The molecule has 8 N–H and O–H groups in total. The molecule has 0 fully saturated rings. The van der Waals surface area contributed by atoms with Crippen LogP contribution in [0.15, 0.2) is 182 Å². The third kappa shape index (κ3) is 65.2. The van der Waals surface area contributed by atoms with Gasteiger partial charge in [0.15, 0.2) is 0 Å². The molecule has 0 saturated heterocycles. The summed E-state index contributed by atoms with van der Waals surface area (Å²) in [5.41, 5.74) is 16.1. The quantitative estimate of drug-likeness (QED) is 0.0765. The fraction of sp³-hybridized carbons (Fsp3) is 0.289. The van der Waals surface area contributed by atoms with Crippen LogP contribution in [-0.2, 0) is 110 Å². The fourth-order valence-electron chi connectivity index (χ4n) is 10.0. The topological polar surface area (TPSA) is 755 Å². The van der Waals surface area contributed by atoms with Crippen molar-refractivity contribution in [2.75, 3.05) is 0 Å². The summed E-state index contributed by atoms with van der Waals surface area (Å²) in [6, 6.07) is 58.6. The number of carbonyl (C=O) groups excluding carboxylic acids is 6. The van der Waals surface area contributed by atoms with Gasteiger partial charge >= 0.3 is 98.9 Å². The zero-order valence-corrected chi connectivity index (χ0v) is 84.7. The zero-order valence-electron chi connectivity index (χ0n) is 78.8. The average molecular weight is 2180 g/mol. The van der Waals surface area contributed by atoms with Gasteiger partial charge in [0.25, 0.3) is 0 Å². The minimum absolute atomic E-state index is 0. The van der Waals surface area contributed by atoms with Crippen molar-refractivity contribution in [3.05, 3.63) is 348 Å². The number of H-pyrrole nitrogens is 2. The van der Waals surface area contributed by atoms with Crippen molar-refractivity contribution in [2.45, 2.75) is 177 Å². The van der Waals surface area contributed by atoms with Crippen LogP contribution < -0.4 is 51.1 Å². The first kappa shape index (κ1) is 150. The molecule has 48 heteroatoms. The summed E-state index contributed by atoms with van der Waals surface area (Å²) in [4.78, 5) is 78.4. The standard InChI is InChI=1S/2C12H16N4O2.6C8H8O2.2C5H8N2.4C2H3N.2NO3.6Ni.2H2O/c2*1-7-5-9(3)15(13-7)11(17)12(18)16-10(4)6-8(2)14-16;6*1-6-4-2-3-5-7(6)8(9)10;2*1-4-3-5(2)7-6-4;4*1-2-3;2*2-1(3)4;;;;;;;;/h2*5-6,11-12H,1-4H3;6*2-5H,1H3,(H,9,10);2*3H,1-2H3,(H,6,7);4*1H3;;;;;;;;;2*1H2/q2*-2;;;;;;;;;;;;;2*-1;6*+2;;/p-4/t2*11-,12+;;;;;;;;;;;;;;;;;;;;;;. The smallest absolute Gasteiger partial charge is 0.834 e. The maximum absolute atomic E-state index is 12.2. The number of aromatic carboxylic acids is 6. The Hall–Kier alpha value is -13.5. The number of rotatable bonds is 12. The monoisotopic (exact) mass is 2170 g/mol. The second-order valence-electron chi connectivity index (χ2n) is 26.4. The van der Waals surface area contributed by atoms with E-state index >= 15 is 0 Å². The molecule has 6 heterocycles. The minimum atomic E-state index is -1.75. The molecule has 4 atom stereocenters. The molecular weight excluding hydrogens is 2070 g/mol. The number of carboxylic acid groups (broad SMARTS) is 6. The Bertz CT molecular complexity index is 4910. The maximum Gasteiger partial charge on any atom is 2.00 e. The van der Waals surface area contributed by atoms with E-state index in [1.165, 1.54) is 82.8 Å². The number of nitrogens with one attached hydrogen (secondary N) is 2. The molecule has 6 aromatic heterocycles. The Morgan fingerprint density at radius 2 is 0.406 bits per heavy atom. The number of hydrogen-bond acceptors (Lipinski definition) is 32. The molecule has 760 valence electrons. The molecule has 6 aromatic carbocycles. The van der Waals surface area contributed by atoms with Gasteiger partial charge in [-0.25, -0.2) is 0 Å². The van der Waals surface area contributed by atoms with E-state index in [4.69, 9.17) is 51.7 Å². The van der Waals surface area contributed by atoms with E-state index in [1.807, 2.05) is 39.8 Å². The van der Waals surface area contributed by atoms with E-state index in [0.29, 0.717) is 22.8 Å². The van der Waals surface area contributed by atoms with Crippen LogP contribution in [0.2, 0.25) is 0 Å². The molecule has 0 unspecified atom stereocenters. The Morgan fingerprint density at radius 3 is 0.471 bits per heavy atom. The summed E-state index contributed by atoms with van der Waals surface area (Å²) in [5, 5.41) is 199. The molecule has 12 rings (SSSR count). The number of nitriles is 4. The normalized spacial score (nSPS) is 9.43. The van der Waals surface area contributed by atoms with Crippen LogP contribution in [0.4, 0.5) is 0 Å². The Balaban J connectivity index is -0.000000126. The maximum atomic E-state index is 12.2. The average Bonchev–Trinajstić information content (AvgIpc) is 1.67. The number of aryl methyl sites for hydroxylation is 18. The van der Waals surface area contributed by atoms with Gasteiger partial charge in [0.2, 0.25) is 0 Å². The van der Waals surface area contributed by atoms with Crippen LogP contribution in [-0.4, -0.2) is 106 Å². The first-order chi connectivity index (χ1) is 60.8. The van der Waals surface area contributed by atoms with Crippen molar-refractivity contribution >= 4 is 35.8 Å². The summed E-state index contributed by atoms with van der Waals surface area (Å²) >= 11 is 0. The van der Waals surface area contributed by atoms with Gasteiger partial charge in [-0.15, -0.1) is 0 Å². The second-order valence-corrected chi connectivity index (χ2v) is 26.4. The number of hydrogen-bond donors (Lipinski definition) is 2. The Labute approximate surface area is 859 Å². The van der Waals surface area contributed by atoms with Gasteiger partial charge in [0, 0.05) is 95.2 Å². The van der Waals surface area contributed by atoms with Crippen LogP contribution in [0.3, 0.4) is 0 Å². The molecule has 42 nitrogen and oxygen atoms in total. The van der Waals surface area contributed by atoms with Crippen LogP contribution in [0.5, 0.6) is 0 Å². The summed E-state index contributed by atoms with van der Waals surface area (Å²) < 4.78 is 4.90. The summed E-state index contributed by atoms with van der Waals surface area (Å²) in [7, 11) is 0. The summed E-state index contributed by atoms with van der Waals surface area (Å²) in [5.74, 6) is -6.68. The molecule has 0 aliphatic rings. The first-order valence-electron chi connectivity index (χ1n) is 38.0. The van der Waals surface area contributed by atoms with E-state index in [9.17, 15) is 79.8 Å². The van der Waals surface area contributed by atoms with Crippen LogP contribution in [0.25, 0.3) is 0 Å². The van der Waals surface area contributed by atoms with Crippen molar-refractivity contribution < 1.29 is 200 Å². The Kier molecular flexibility index (Phi) is 91.3. The van der Waals surface area contributed by atoms with E-state index in [-0.39, 0.29) is 143 Å². The van der Waals surface area contributed by atoms with Gasteiger partial charge in [-0.1, -0.05) is 146 Å². The van der Waals surface area contributed by atoms with Crippen molar-refractivity contribution in [1.29, 1.82) is 21.0 Å². The zero-order chi connectivity index (χ0) is 101. The van der Waals surface area contributed by atoms with E-state index in [0.717, 1.165) is 78.9 Å². The predicted molar refractivity (Wildman–Crippen MR) is 468 cm³/mol. The molecule has 0 amide bonds. The van der Waals surface area contributed by atoms with Crippen molar-refractivity contribution in [3.8, 4) is 24.3 Å². The van der Waals surface area contributed by atoms with Crippen molar-refractivity contribution in [2.24, 2.45) is 0 Å². The van der Waals surface area contributed by atoms with E-state index < -0.39 is 70.9 Å². The molecule has 12 aromatic rings. The molecule has 0 bridgehead atoms. The van der Waals surface area contributed by atoms with Gasteiger partial charge in [-0.05, 0) is 219 Å². The number of aromatic nitrogens is 12. The van der Waals surface area contributed by atoms with Gasteiger partial charge in [0.1, 0.15) is 0 Å². The molecule has 0 aliphatic heterocycles. The molecule has 0 aliphatic carbocycles.